The van der Waals surface area contributed by atoms with Gasteiger partial charge in [-0.2, -0.15) is 0 Å². The summed E-state index contributed by atoms with van der Waals surface area (Å²) in [6, 6.07) is 2.46. The van der Waals surface area contributed by atoms with Crippen LogP contribution in [-0.4, -0.2) is 32.5 Å². The van der Waals surface area contributed by atoms with E-state index in [-0.39, 0.29) is 17.6 Å². The minimum atomic E-state index is -0.851. The number of nitrogens with zero attached hydrogens (tertiary/aromatic N) is 2. The van der Waals surface area contributed by atoms with Crippen LogP contribution in [0.1, 0.15) is 29.8 Å². The van der Waals surface area contributed by atoms with Gasteiger partial charge < -0.3 is 20.5 Å². The number of rotatable bonds is 4. The Morgan fingerprint density at radius 1 is 1.45 bits per heavy atom. The number of aromatic nitrogens is 1. The Morgan fingerprint density at radius 3 is 2.65 bits per heavy atom. The number of carbonyl (C=O) groups is 2. The molecule has 2 atom stereocenters. The molecule has 108 valence electrons. The van der Waals surface area contributed by atoms with Crippen molar-refractivity contribution in [3.63, 3.8) is 0 Å². The second-order valence-electron chi connectivity index (χ2n) is 4.91. The molecule has 1 heterocycles. The van der Waals surface area contributed by atoms with Crippen molar-refractivity contribution in [2.24, 2.45) is 13.0 Å². The zero-order chi connectivity index (χ0) is 14.9. The highest BCUT2D eigenvalue weighted by atomic mass is 16.6. The van der Waals surface area contributed by atoms with Crippen LogP contribution in [0.4, 0.5) is 5.82 Å². The van der Waals surface area contributed by atoms with Crippen molar-refractivity contribution in [2.75, 3.05) is 0 Å². The zero-order valence-electron chi connectivity index (χ0n) is 10.9. The molecule has 1 aliphatic rings. The first-order valence-corrected chi connectivity index (χ1v) is 6.24. The number of nitrogens with one attached hydrogen (secondary N) is 1. The summed E-state index contributed by atoms with van der Waals surface area (Å²) in [6.07, 6.45) is 1.54. The number of carboxylic acid groups (broad SMARTS) is 1. The van der Waals surface area contributed by atoms with Crippen molar-refractivity contribution in [3.05, 3.63) is 27.9 Å². The number of hydrogen-bond donors (Lipinski definition) is 2. The summed E-state index contributed by atoms with van der Waals surface area (Å²) in [5.74, 6) is -1.86. The Bertz CT molecular complexity index is 565. The number of hydrogen-bond acceptors (Lipinski definition) is 4. The molecule has 8 heteroatoms. The first-order valence-electron chi connectivity index (χ1n) is 6.24. The van der Waals surface area contributed by atoms with Crippen molar-refractivity contribution in [2.45, 2.75) is 25.3 Å². The second-order valence-corrected chi connectivity index (χ2v) is 4.91. The Hall–Kier alpha value is -2.38. The van der Waals surface area contributed by atoms with Crippen molar-refractivity contribution < 1.29 is 19.6 Å². The van der Waals surface area contributed by atoms with E-state index in [1.165, 1.54) is 23.7 Å². The van der Waals surface area contributed by atoms with E-state index in [9.17, 15) is 19.7 Å². The molecule has 0 radical (unpaired) electrons. The molecule has 20 heavy (non-hydrogen) atoms. The SMILES string of the molecule is Cn1c(C(=O)N[C@H]2CC[C@@H](C(=O)O)C2)ccc1[N+](=O)[O-]. The normalized spacial score (nSPS) is 21.6. The molecular weight excluding hydrogens is 266 g/mol. The van der Waals surface area contributed by atoms with Crippen LogP contribution in [0.2, 0.25) is 0 Å². The molecule has 0 spiro atoms. The molecule has 1 fully saturated rings. The molecule has 1 aromatic heterocycles. The van der Waals surface area contributed by atoms with Crippen molar-refractivity contribution in [1.29, 1.82) is 0 Å². The summed E-state index contributed by atoms with van der Waals surface area (Å²) in [4.78, 5) is 33.0. The minimum absolute atomic E-state index is 0.162. The predicted molar refractivity (Wildman–Crippen MR) is 68.3 cm³/mol. The lowest BCUT2D eigenvalue weighted by Crippen LogP contribution is -2.34. The highest BCUT2D eigenvalue weighted by molar-refractivity contribution is 5.93. The molecule has 0 bridgehead atoms. The Morgan fingerprint density at radius 2 is 2.15 bits per heavy atom. The molecule has 8 nitrogen and oxygen atoms in total. The van der Waals surface area contributed by atoms with E-state index in [0.717, 1.165) is 0 Å². The van der Waals surface area contributed by atoms with E-state index in [0.29, 0.717) is 19.3 Å². The van der Waals surface area contributed by atoms with Gasteiger partial charge in [0.05, 0.1) is 13.0 Å². The zero-order valence-corrected chi connectivity index (χ0v) is 10.9. The van der Waals surface area contributed by atoms with Gasteiger partial charge in [0, 0.05) is 12.1 Å². The number of amides is 1. The fourth-order valence-electron chi connectivity index (χ4n) is 2.51. The van der Waals surface area contributed by atoms with Gasteiger partial charge in [-0.3, -0.25) is 9.59 Å². The Balaban J connectivity index is 2.03. The average molecular weight is 281 g/mol. The summed E-state index contributed by atoms with van der Waals surface area (Å²) in [5, 5.41) is 22.3. The van der Waals surface area contributed by atoms with Gasteiger partial charge in [0.1, 0.15) is 0 Å². The van der Waals surface area contributed by atoms with Gasteiger partial charge in [0.25, 0.3) is 5.91 Å². The predicted octanol–water partition coefficient (Wildman–Crippen LogP) is 0.916. The van der Waals surface area contributed by atoms with E-state index in [1.54, 1.807) is 0 Å². The monoisotopic (exact) mass is 281 g/mol. The van der Waals surface area contributed by atoms with Gasteiger partial charge in [-0.1, -0.05) is 0 Å². The maximum Gasteiger partial charge on any atom is 0.323 e. The van der Waals surface area contributed by atoms with E-state index < -0.39 is 22.7 Å². The molecule has 0 unspecified atom stereocenters. The van der Waals surface area contributed by atoms with Gasteiger partial charge in [-0.05, 0) is 30.3 Å². The second kappa shape index (κ2) is 5.32. The summed E-state index contributed by atoms with van der Waals surface area (Å²) < 4.78 is 1.21. The standard InChI is InChI=1S/C12H15N3O5/c1-14-9(4-5-10(14)15(19)20)11(16)13-8-3-2-7(6-8)12(17)18/h4-5,7-8H,2-3,6H2,1H3,(H,13,16)(H,17,18)/t7-,8+/m1/s1. The lowest BCUT2D eigenvalue weighted by Gasteiger charge is -2.11. The van der Waals surface area contributed by atoms with Crippen LogP contribution in [0, 0.1) is 16.0 Å². The van der Waals surface area contributed by atoms with E-state index in [4.69, 9.17) is 5.11 Å². The summed E-state index contributed by atoms with van der Waals surface area (Å²) >= 11 is 0. The smallest absolute Gasteiger partial charge is 0.323 e. The highest BCUT2D eigenvalue weighted by Gasteiger charge is 2.32. The molecule has 1 saturated carbocycles. The molecule has 2 N–H and O–H groups in total. The van der Waals surface area contributed by atoms with Crippen LogP contribution in [0.25, 0.3) is 0 Å². The topological polar surface area (TPSA) is 114 Å². The van der Waals surface area contributed by atoms with Crippen molar-refractivity contribution in [3.8, 4) is 0 Å². The molecule has 1 aliphatic carbocycles. The van der Waals surface area contributed by atoms with Crippen LogP contribution < -0.4 is 5.32 Å². The third-order valence-corrected chi connectivity index (χ3v) is 3.63. The minimum Gasteiger partial charge on any atom is -0.481 e. The first-order chi connectivity index (χ1) is 9.40. The van der Waals surface area contributed by atoms with Crippen molar-refractivity contribution >= 4 is 17.7 Å². The van der Waals surface area contributed by atoms with Crippen LogP contribution in [0.5, 0.6) is 0 Å². The maximum atomic E-state index is 12.0. The highest BCUT2D eigenvalue weighted by Crippen LogP contribution is 2.26. The van der Waals surface area contributed by atoms with E-state index in [2.05, 4.69) is 5.32 Å². The van der Waals surface area contributed by atoms with Gasteiger partial charge in [-0.25, -0.2) is 4.57 Å². The Kier molecular flexibility index (Phi) is 3.73. The van der Waals surface area contributed by atoms with Gasteiger partial charge in [-0.15, -0.1) is 0 Å². The molecule has 0 aromatic carbocycles. The van der Waals surface area contributed by atoms with Crippen molar-refractivity contribution in [1.82, 2.24) is 9.88 Å². The third kappa shape index (κ3) is 2.63. The lowest BCUT2D eigenvalue weighted by atomic mass is 10.1. The van der Waals surface area contributed by atoms with Crippen LogP contribution in [0.3, 0.4) is 0 Å². The summed E-state index contributed by atoms with van der Waals surface area (Å²) in [6.45, 7) is 0. The summed E-state index contributed by atoms with van der Waals surface area (Å²) in [5.41, 5.74) is 0.190. The van der Waals surface area contributed by atoms with E-state index in [1.807, 2.05) is 0 Å². The maximum absolute atomic E-state index is 12.0. The molecule has 2 rings (SSSR count). The fraction of sp³-hybridized carbons (Fsp3) is 0.500. The van der Waals surface area contributed by atoms with Crippen LogP contribution >= 0.6 is 0 Å². The number of aliphatic carboxylic acids is 1. The molecule has 1 amide bonds. The van der Waals surface area contributed by atoms with Crippen LogP contribution in [0.15, 0.2) is 12.1 Å². The number of carbonyl (C=O) groups excluding carboxylic acids is 1. The van der Waals surface area contributed by atoms with Gasteiger partial charge in [0.15, 0.2) is 5.69 Å². The quantitative estimate of drug-likeness (QED) is 0.629. The lowest BCUT2D eigenvalue weighted by molar-refractivity contribution is -0.391. The summed E-state index contributed by atoms with van der Waals surface area (Å²) in [7, 11) is 1.45. The molecular formula is C12H15N3O5. The average Bonchev–Trinajstić information content (AvgIpc) is 2.95. The number of nitro groups is 1. The van der Waals surface area contributed by atoms with Gasteiger partial charge in [0.2, 0.25) is 0 Å². The molecule has 0 saturated heterocycles. The first kappa shape index (κ1) is 14.0. The number of carboxylic acids is 1. The van der Waals surface area contributed by atoms with Gasteiger partial charge >= 0.3 is 11.8 Å². The van der Waals surface area contributed by atoms with Crippen LogP contribution in [-0.2, 0) is 11.8 Å². The molecule has 0 aliphatic heterocycles. The Labute approximate surface area is 114 Å². The molecule has 1 aromatic rings. The fourth-order valence-corrected chi connectivity index (χ4v) is 2.51. The third-order valence-electron chi connectivity index (χ3n) is 3.63. The largest absolute Gasteiger partial charge is 0.481 e. The van der Waals surface area contributed by atoms with E-state index >= 15 is 0 Å².